The Morgan fingerprint density at radius 1 is 1.09 bits per heavy atom. The van der Waals surface area contributed by atoms with E-state index in [1.807, 2.05) is 19.6 Å². The molecule has 1 amide bonds. The molecule has 2 heterocycles. The molecule has 1 N–H and O–H groups in total. The Kier molecular flexibility index (Phi) is 12.6. The average molecular weight is 494 g/mol. The Hall–Kier alpha value is -0.755. The Morgan fingerprint density at radius 3 is 2.33 bits per heavy atom. The van der Waals surface area contributed by atoms with Crippen LogP contribution in [0.4, 0.5) is 4.79 Å². The number of carbonyl (C=O) groups excluding carboxylic acids is 1. The van der Waals surface area contributed by atoms with Crippen LogP contribution in [0.2, 0.25) is 0 Å². The lowest BCUT2D eigenvalue weighted by Crippen LogP contribution is -2.50. The molecule has 2 aliphatic rings. The molecule has 2 aliphatic heterocycles. The fraction of sp³-hybridized carbons (Fsp3) is 0.947. The summed E-state index contributed by atoms with van der Waals surface area (Å²) in [6.45, 7) is 4.92. The number of aliphatic hydroxyl groups is 1. The lowest BCUT2D eigenvalue weighted by molar-refractivity contribution is -0.0618. The molecule has 0 aromatic carbocycles. The van der Waals surface area contributed by atoms with E-state index in [-0.39, 0.29) is 45.1 Å². The largest absolute Gasteiger partial charge is 0.447 e. The van der Waals surface area contributed by atoms with Crippen LogP contribution in [0.3, 0.4) is 0 Å². The molecule has 0 bridgehead atoms. The smallest absolute Gasteiger partial charge is 0.409 e. The number of amides is 1. The monoisotopic (exact) mass is 494 g/mol. The first-order valence-electron chi connectivity index (χ1n) is 11.5. The first-order valence-corrected chi connectivity index (χ1v) is 13.0. The summed E-state index contributed by atoms with van der Waals surface area (Å²) in [4.78, 5) is 16.1. The zero-order chi connectivity index (χ0) is 24.3. The highest BCUT2D eigenvalue weighted by Gasteiger charge is 2.39. The second-order valence-corrected chi connectivity index (χ2v) is 11.0. The molecule has 3 atom stereocenters. The van der Waals surface area contributed by atoms with Gasteiger partial charge < -0.3 is 38.4 Å². The van der Waals surface area contributed by atoms with Gasteiger partial charge >= 0.3 is 13.8 Å². The van der Waals surface area contributed by atoms with E-state index in [4.69, 9.17) is 28.6 Å². The van der Waals surface area contributed by atoms with Crippen LogP contribution in [-0.2, 0) is 28.0 Å². The number of likely N-dealkylation sites (N-methyl/N-ethyl adjacent to an activating group) is 1. The predicted molar refractivity (Wildman–Crippen MR) is 125 cm³/mol. The molecule has 14 heteroatoms. The maximum Gasteiger partial charge on any atom is 0.409 e. The summed E-state index contributed by atoms with van der Waals surface area (Å²) in [5.41, 5.74) is 0. The molecule has 0 aromatic rings. The third kappa shape index (κ3) is 9.43. The molecule has 33 heavy (non-hydrogen) atoms. The maximum atomic E-state index is 13.7. The number of hydrogen-bond donors (Lipinski definition) is 1. The van der Waals surface area contributed by atoms with Gasteiger partial charge in [0, 0.05) is 45.3 Å². The van der Waals surface area contributed by atoms with Crippen molar-refractivity contribution in [2.75, 3.05) is 107 Å². The molecule has 0 aliphatic carbocycles. The third-order valence-corrected chi connectivity index (χ3v) is 7.99. The van der Waals surface area contributed by atoms with E-state index in [0.717, 1.165) is 13.1 Å². The molecule has 2 saturated heterocycles. The zero-order valence-electron chi connectivity index (χ0n) is 20.4. The van der Waals surface area contributed by atoms with E-state index < -0.39 is 13.8 Å². The van der Waals surface area contributed by atoms with Crippen molar-refractivity contribution in [3.05, 3.63) is 0 Å². The van der Waals surface area contributed by atoms with Crippen LogP contribution in [0, 0.1) is 0 Å². The Balaban J connectivity index is 1.71. The minimum Gasteiger partial charge on any atom is -0.447 e. The fourth-order valence-corrected chi connectivity index (χ4v) is 5.74. The Morgan fingerprint density at radius 2 is 1.73 bits per heavy atom. The van der Waals surface area contributed by atoms with E-state index in [1.54, 1.807) is 23.7 Å². The van der Waals surface area contributed by atoms with E-state index in [9.17, 15) is 9.36 Å². The minimum absolute atomic E-state index is 0.0210. The van der Waals surface area contributed by atoms with Gasteiger partial charge in [-0.15, -0.1) is 0 Å². The van der Waals surface area contributed by atoms with Crippen molar-refractivity contribution in [3.63, 3.8) is 0 Å². The minimum atomic E-state index is -3.23. The maximum absolute atomic E-state index is 13.7. The number of hydrogen-bond acceptors (Lipinski definition) is 9. The Labute approximate surface area is 197 Å². The molecule has 0 radical (unpaired) electrons. The van der Waals surface area contributed by atoms with Crippen molar-refractivity contribution < 1.29 is 37.9 Å². The Bertz CT molecular complexity index is 617. The van der Waals surface area contributed by atoms with Crippen molar-refractivity contribution in [3.8, 4) is 0 Å². The number of nitrogens with zero attached hydrogens (tertiary/aromatic N) is 4. The number of ether oxygens (including phenoxy) is 4. The van der Waals surface area contributed by atoms with Gasteiger partial charge in [-0.3, -0.25) is 4.57 Å². The van der Waals surface area contributed by atoms with Crippen molar-refractivity contribution in [2.45, 2.75) is 12.1 Å². The van der Waals surface area contributed by atoms with Crippen LogP contribution in [0.15, 0.2) is 0 Å². The highest BCUT2D eigenvalue weighted by molar-refractivity contribution is 7.53. The average Bonchev–Trinajstić information content (AvgIpc) is 2.78. The van der Waals surface area contributed by atoms with Gasteiger partial charge in [0.15, 0.2) is 0 Å². The summed E-state index contributed by atoms with van der Waals surface area (Å²) in [6, 6.07) is 0.107. The quantitative estimate of drug-likeness (QED) is 0.188. The van der Waals surface area contributed by atoms with Crippen molar-refractivity contribution in [1.29, 1.82) is 0 Å². The van der Waals surface area contributed by atoms with Gasteiger partial charge in [0.1, 0.15) is 14.5 Å². The van der Waals surface area contributed by atoms with Crippen molar-refractivity contribution in [1.82, 2.24) is 19.1 Å². The molecule has 0 aromatic heterocycles. The van der Waals surface area contributed by atoms with E-state index in [0.29, 0.717) is 39.4 Å². The van der Waals surface area contributed by atoms with E-state index >= 15 is 0 Å². The van der Waals surface area contributed by atoms with Crippen molar-refractivity contribution in [2.24, 2.45) is 0 Å². The number of rotatable bonds is 13. The lowest BCUT2D eigenvalue weighted by atomic mass is 9.98. The van der Waals surface area contributed by atoms with Crippen LogP contribution in [0.5, 0.6) is 0 Å². The summed E-state index contributed by atoms with van der Waals surface area (Å²) in [5, 5.41) is 8.62. The van der Waals surface area contributed by atoms with Gasteiger partial charge in [-0.2, -0.15) is 0 Å². The van der Waals surface area contributed by atoms with Crippen LogP contribution < -0.4 is 0 Å². The molecule has 2 fully saturated rings. The second-order valence-electron chi connectivity index (χ2n) is 8.43. The number of piperazine rings is 1. The summed E-state index contributed by atoms with van der Waals surface area (Å²) >= 11 is 0. The summed E-state index contributed by atoms with van der Waals surface area (Å²) in [6.07, 6.45) is -0.547. The number of morpholine rings is 1. The highest BCUT2D eigenvalue weighted by Crippen LogP contribution is 2.53. The summed E-state index contributed by atoms with van der Waals surface area (Å²) < 4.78 is 44.6. The van der Waals surface area contributed by atoms with Crippen molar-refractivity contribution >= 4 is 21.6 Å². The van der Waals surface area contributed by atoms with Crippen LogP contribution in [0.25, 0.3) is 0 Å². The van der Waals surface area contributed by atoms with Crippen LogP contribution >= 0.6 is 7.67 Å². The van der Waals surface area contributed by atoms with E-state index in [2.05, 4.69) is 4.90 Å². The molecular formula is C19H40BN4O8P. The second kappa shape index (κ2) is 14.6. The first-order chi connectivity index (χ1) is 15.8. The molecular weight excluding hydrogens is 454 g/mol. The van der Waals surface area contributed by atoms with Gasteiger partial charge in [-0.05, 0) is 21.1 Å². The standard InChI is InChI=1S/C19H40BN4O8P/c1-21(2)33(27,31-16-17-14-22(3)15-18(20)32-17)24-6-4-23(5-7-24)19(26)30-13-12-29-11-10-28-9-8-25/h17-18,25H,4-16,20H2,1-3H3. The van der Waals surface area contributed by atoms with Crippen LogP contribution in [-0.4, -0.2) is 157 Å². The normalized spacial score (nSPS) is 24.7. The van der Waals surface area contributed by atoms with Gasteiger partial charge in [0.2, 0.25) is 0 Å². The van der Waals surface area contributed by atoms with Crippen LogP contribution in [0.1, 0.15) is 0 Å². The van der Waals surface area contributed by atoms with Gasteiger partial charge in [-0.1, -0.05) is 0 Å². The van der Waals surface area contributed by atoms with Gasteiger partial charge in [0.25, 0.3) is 0 Å². The highest BCUT2D eigenvalue weighted by atomic mass is 31.2. The molecule has 2 rings (SSSR count). The number of carbonyl (C=O) groups is 1. The molecule has 192 valence electrons. The first kappa shape index (κ1) is 28.5. The van der Waals surface area contributed by atoms with E-state index in [1.165, 1.54) is 0 Å². The molecule has 12 nitrogen and oxygen atoms in total. The fourth-order valence-electron chi connectivity index (χ4n) is 3.79. The number of aliphatic hydroxyl groups excluding tert-OH is 1. The zero-order valence-corrected chi connectivity index (χ0v) is 21.3. The molecule has 0 spiro atoms. The summed E-state index contributed by atoms with van der Waals surface area (Å²) in [7, 11) is 4.31. The SMILES string of the molecule is BC1CN(C)CC(COP(=O)(N(C)C)N2CCN(C(=O)OCCOCCOCCO)CC2)O1. The lowest BCUT2D eigenvalue weighted by Gasteiger charge is -2.41. The molecule has 0 saturated carbocycles. The topological polar surface area (TPSA) is 113 Å². The van der Waals surface area contributed by atoms with Gasteiger partial charge in [0.05, 0.1) is 45.7 Å². The van der Waals surface area contributed by atoms with Gasteiger partial charge in [-0.25, -0.2) is 14.1 Å². The third-order valence-electron chi connectivity index (χ3n) is 5.38. The predicted octanol–water partition coefficient (Wildman–Crippen LogP) is -1.26. The summed E-state index contributed by atoms with van der Waals surface area (Å²) in [5.74, 6) is 0. The molecule has 3 unspecified atom stereocenters.